The van der Waals surface area contributed by atoms with Gasteiger partial charge in [0.1, 0.15) is 3.70 Å². The third-order valence-electron chi connectivity index (χ3n) is 3.19. The lowest BCUT2D eigenvalue weighted by Crippen LogP contribution is -2.04. The van der Waals surface area contributed by atoms with Crippen LogP contribution in [0.2, 0.25) is 0 Å². The van der Waals surface area contributed by atoms with Crippen LogP contribution in [0.3, 0.4) is 0 Å². The van der Waals surface area contributed by atoms with Crippen molar-refractivity contribution in [3.05, 3.63) is 39.7 Å². The van der Waals surface area contributed by atoms with Gasteiger partial charge >= 0.3 is 0 Å². The molecule has 0 saturated heterocycles. The van der Waals surface area contributed by atoms with Crippen LogP contribution < -0.4 is 0 Å². The second-order valence-electron chi connectivity index (χ2n) is 5.07. The molecule has 0 atom stereocenters. The van der Waals surface area contributed by atoms with Crippen molar-refractivity contribution in [3.63, 3.8) is 0 Å². The first-order chi connectivity index (χ1) is 10.1. The van der Waals surface area contributed by atoms with Crippen LogP contribution in [-0.2, 0) is 0 Å². The molecule has 0 N–H and O–H groups in total. The van der Waals surface area contributed by atoms with E-state index in [1.165, 1.54) is 5.56 Å². The molecule has 0 bridgehead atoms. The third-order valence-corrected chi connectivity index (χ3v) is 4.22. The summed E-state index contributed by atoms with van der Waals surface area (Å²) in [4.78, 5) is 1.61. The summed E-state index contributed by atoms with van der Waals surface area (Å²) >= 11 is 2.27. The zero-order valence-electron chi connectivity index (χ0n) is 12.0. The molecule has 21 heavy (non-hydrogen) atoms. The van der Waals surface area contributed by atoms with E-state index in [4.69, 9.17) is 0 Å². The predicted octanol–water partition coefficient (Wildman–Crippen LogP) is 3.02. The average molecular weight is 394 g/mol. The first-order valence-corrected chi connectivity index (χ1v) is 7.75. The Hall–Kier alpha value is -1.77. The van der Waals surface area contributed by atoms with Crippen LogP contribution >= 0.6 is 22.6 Å². The number of aromatic nitrogens is 6. The minimum Gasteiger partial charge on any atom is -0.227 e. The van der Waals surface area contributed by atoms with Gasteiger partial charge in [0.15, 0.2) is 0 Å². The van der Waals surface area contributed by atoms with Crippen molar-refractivity contribution < 1.29 is 0 Å². The highest BCUT2D eigenvalue weighted by Gasteiger charge is 2.17. The molecule has 2 aromatic heterocycles. The van der Waals surface area contributed by atoms with Gasteiger partial charge < -0.3 is 0 Å². The van der Waals surface area contributed by atoms with Gasteiger partial charge in [-0.3, -0.25) is 0 Å². The van der Waals surface area contributed by atoms with Crippen molar-refractivity contribution in [3.8, 4) is 17.1 Å². The summed E-state index contributed by atoms with van der Waals surface area (Å²) in [5.74, 6) is 0.605. The predicted molar refractivity (Wildman–Crippen MR) is 88.2 cm³/mol. The largest absolute Gasteiger partial charge is 0.227 e. The minimum atomic E-state index is 0.190. The van der Waals surface area contributed by atoms with Crippen molar-refractivity contribution in [1.82, 2.24) is 30.0 Å². The summed E-state index contributed by atoms with van der Waals surface area (Å²) in [5, 5.41) is 17.1. The summed E-state index contributed by atoms with van der Waals surface area (Å²) < 4.78 is 2.88. The number of para-hydroxylation sites is 1. The van der Waals surface area contributed by atoms with Gasteiger partial charge in [0, 0.05) is 0 Å². The van der Waals surface area contributed by atoms with Crippen LogP contribution in [0.25, 0.3) is 17.1 Å². The van der Waals surface area contributed by atoms with Crippen LogP contribution in [-0.4, -0.2) is 30.0 Å². The SMILES string of the molecule is Cc1ccccc1-n1ncc(-c2nnn(C(C)C)n2)c1I. The monoisotopic (exact) mass is 394 g/mol. The van der Waals surface area contributed by atoms with Gasteiger partial charge in [-0.15, -0.1) is 10.2 Å². The highest BCUT2D eigenvalue weighted by molar-refractivity contribution is 14.1. The van der Waals surface area contributed by atoms with E-state index in [2.05, 4.69) is 56.1 Å². The number of hydrogen-bond donors (Lipinski definition) is 0. The summed E-state index contributed by atoms with van der Waals surface area (Å²) in [7, 11) is 0. The summed E-state index contributed by atoms with van der Waals surface area (Å²) in [6.07, 6.45) is 1.79. The first kappa shape index (κ1) is 14.2. The number of tetrazole rings is 1. The lowest BCUT2D eigenvalue weighted by Gasteiger charge is -2.06. The number of rotatable bonds is 3. The van der Waals surface area contributed by atoms with Crippen LogP contribution in [0, 0.1) is 10.6 Å². The zero-order valence-corrected chi connectivity index (χ0v) is 14.2. The molecule has 0 unspecified atom stereocenters. The fourth-order valence-corrected chi connectivity index (χ4v) is 2.77. The van der Waals surface area contributed by atoms with Crippen molar-refractivity contribution in [2.24, 2.45) is 0 Å². The molecule has 0 aliphatic heterocycles. The van der Waals surface area contributed by atoms with Crippen LogP contribution in [0.1, 0.15) is 25.5 Å². The number of nitrogens with zero attached hydrogens (tertiary/aromatic N) is 6. The Labute approximate surface area is 136 Å². The van der Waals surface area contributed by atoms with E-state index in [0.717, 1.165) is 15.0 Å². The maximum atomic E-state index is 4.47. The van der Waals surface area contributed by atoms with Crippen LogP contribution in [0.15, 0.2) is 30.5 Å². The van der Waals surface area contributed by atoms with Gasteiger partial charge in [-0.2, -0.15) is 9.90 Å². The molecule has 0 amide bonds. The van der Waals surface area contributed by atoms with E-state index in [-0.39, 0.29) is 6.04 Å². The van der Waals surface area contributed by atoms with Crippen molar-refractivity contribution in [1.29, 1.82) is 0 Å². The molecule has 3 aromatic rings. The molecule has 7 heteroatoms. The molecule has 0 aliphatic rings. The average Bonchev–Trinajstić information content (AvgIpc) is 3.06. The van der Waals surface area contributed by atoms with Crippen molar-refractivity contribution in [2.45, 2.75) is 26.8 Å². The highest BCUT2D eigenvalue weighted by Crippen LogP contribution is 2.25. The van der Waals surface area contributed by atoms with Crippen LogP contribution in [0.5, 0.6) is 0 Å². The van der Waals surface area contributed by atoms with E-state index < -0.39 is 0 Å². The molecule has 3 rings (SSSR count). The fraction of sp³-hybridized carbons (Fsp3) is 0.286. The zero-order chi connectivity index (χ0) is 15.0. The smallest absolute Gasteiger partial charge is 0.209 e. The van der Waals surface area contributed by atoms with E-state index in [0.29, 0.717) is 5.82 Å². The van der Waals surface area contributed by atoms with Gasteiger partial charge in [-0.25, -0.2) is 4.68 Å². The van der Waals surface area contributed by atoms with Crippen LogP contribution in [0.4, 0.5) is 0 Å². The molecule has 108 valence electrons. The van der Waals surface area contributed by atoms with E-state index in [1.54, 1.807) is 11.0 Å². The molecule has 0 fully saturated rings. The Balaban J connectivity index is 2.05. The summed E-state index contributed by atoms with van der Waals surface area (Å²) in [5.41, 5.74) is 3.12. The molecule has 6 nitrogen and oxygen atoms in total. The lowest BCUT2D eigenvalue weighted by molar-refractivity contribution is 0.455. The molecule has 2 heterocycles. The number of hydrogen-bond acceptors (Lipinski definition) is 4. The molecule has 0 aliphatic carbocycles. The Kier molecular flexibility index (Phi) is 3.75. The lowest BCUT2D eigenvalue weighted by atomic mass is 10.2. The Morgan fingerprint density at radius 3 is 2.62 bits per heavy atom. The van der Waals surface area contributed by atoms with Gasteiger partial charge in [-0.05, 0) is 60.2 Å². The quantitative estimate of drug-likeness (QED) is 0.641. The third kappa shape index (κ3) is 2.57. The maximum Gasteiger partial charge on any atom is 0.209 e. The second kappa shape index (κ2) is 5.55. The van der Waals surface area contributed by atoms with Crippen molar-refractivity contribution in [2.75, 3.05) is 0 Å². The second-order valence-corrected chi connectivity index (χ2v) is 6.10. The van der Waals surface area contributed by atoms with Gasteiger partial charge in [0.2, 0.25) is 5.82 Å². The molecule has 0 radical (unpaired) electrons. The number of aryl methyl sites for hydroxylation is 1. The maximum absolute atomic E-state index is 4.47. The molecule has 0 spiro atoms. The molecule has 1 aromatic carbocycles. The van der Waals surface area contributed by atoms with Gasteiger partial charge in [0.05, 0.1) is 23.5 Å². The number of halogens is 1. The fourth-order valence-electron chi connectivity index (χ4n) is 2.00. The Bertz CT molecular complexity index is 773. The standard InChI is InChI=1S/C14H15IN6/c1-9(2)21-18-14(17-19-21)11-8-16-20(13(11)15)12-7-5-4-6-10(12)3/h4-9H,1-3H3. The Morgan fingerprint density at radius 1 is 1.19 bits per heavy atom. The topological polar surface area (TPSA) is 61.4 Å². The minimum absolute atomic E-state index is 0.190. The van der Waals surface area contributed by atoms with Gasteiger partial charge in [-0.1, -0.05) is 18.2 Å². The summed E-state index contributed by atoms with van der Waals surface area (Å²) in [6.45, 7) is 6.11. The highest BCUT2D eigenvalue weighted by atomic mass is 127. The summed E-state index contributed by atoms with van der Waals surface area (Å²) in [6, 6.07) is 8.33. The number of benzene rings is 1. The van der Waals surface area contributed by atoms with E-state index in [1.807, 2.05) is 36.7 Å². The first-order valence-electron chi connectivity index (χ1n) is 6.67. The van der Waals surface area contributed by atoms with Crippen molar-refractivity contribution >= 4 is 22.6 Å². The molecular weight excluding hydrogens is 379 g/mol. The molecule has 0 saturated carbocycles. The molecular formula is C14H15IN6. The van der Waals surface area contributed by atoms with E-state index in [9.17, 15) is 0 Å². The normalized spacial score (nSPS) is 11.3. The van der Waals surface area contributed by atoms with E-state index >= 15 is 0 Å². The van der Waals surface area contributed by atoms with Gasteiger partial charge in [0.25, 0.3) is 0 Å². The Morgan fingerprint density at radius 2 is 1.95 bits per heavy atom.